The molecule has 22 heavy (non-hydrogen) atoms. The minimum atomic E-state index is -0.512. The van der Waals surface area contributed by atoms with Gasteiger partial charge >= 0.3 is 0 Å². The number of nitrogens with two attached hydrogens (primary N) is 1. The van der Waals surface area contributed by atoms with Crippen LogP contribution in [0.5, 0.6) is 5.75 Å². The standard InChI is InChI=1S/C17H14N2O2S/c1-21-13-9-7-12(8-10-13)15-14(11-5-3-2-4-6-11)19-17(22-15)16(18)20/h2-10H,1H3,(H2,18,20). The molecule has 3 aromatic rings. The molecule has 0 unspecified atom stereocenters. The third-order valence-corrected chi connectivity index (χ3v) is 4.36. The van der Waals surface area contributed by atoms with Crippen molar-refractivity contribution in [3.8, 4) is 27.4 Å². The number of carbonyl (C=O) groups is 1. The van der Waals surface area contributed by atoms with E-state index >= 15 is 0 Å². The number of rotatable bonds is 4. The van der Waals surface area contributed by atoms with Gasteiger partial charge in [-0.25, -0.2) is 4.98 Å². The van der Waals surface area contributed by atoms with Crippen LogP contribution in [-0.4, -0.2) is 18.0 Å². The zero-order valence-corrected chi connectivity index (χ0v) is 12.8. The number of ether oxygens (including phenoxy) is 1. The largest absolute Gasteiger partial charge is 0.497 e. The molecule has 0 bridgehead atoms. The van der Waals surface area contributed by atoms with Crippen molar-refractivity contribution in [2.75, 3.05) is 7.11 Å². The van der Waals surface area contributed by atoms with Gasteiger partial charge < -0.3 is 10.5 Å². The number of thiazole rings is 1. The normalized spacial score (nSPS) is 10.4. The van der Waals surface area contributed by atoms with Crippen molar-refractivity contribution in [3.63, 3.8) is 0 Å². The Kier molecular flexibility index (Phi) is 3.89. The summed E-state index contributed by atoms with van der Waals surface area (Å²) in [4.78, 5) is 16.8. The highest BCUT2D eigenvalue weighted by Gasteiger charge is 2.17. The Bertz CT molecular complexity index is 795. The van der Waals surface area contributed by atoms with Crippen molar-refractivity contribution < 1.29 is 9.53 Å². The molecule has 1 amide bonds. The predicted molar refractivity (Wildman–Crippen MR) is 88.1 cm³/mol. The Morgan fingerprint density at radius 2 is 1.73 bits per heavy atom. The van der Waals surface area contributed by atoms with Gasteiger partial charge in [0.1, 0.15) is 5.75 Å². The summed E-state index contributed by atoms with van der Waals surface area (Å²) in [6, 6.07) is 17.4. The third kappa shape index (κ3) is 2.71. The van der Waals surface area contributed by atoms with Crippen molar-refractivity contribution in [1.29, 1.82) is 0 Å². The van der Waals surface area contributed by atoms with Gasteiger partial charge in [-0.2, -0.15) is 0 Å². The minimum Gasteiger partial charge on any atom is -0.497 e. The van der Waals surface area contributed by atoms with Gasteiger partial charge in [-0.05, 0) is 29.8 Å². The van der Waals surface area contributed by atoms with Crippen LogP contribution in [0.25, 0.3) is 21.7 Å². The highest BCUT2D eigenvalue weighted by molar-refractivity contribution is 7.17. The fourth-order valence-corrected chi connectivity index (χ4v) is 3.10. The van der Waals surface area contributed by atoms with Crippen molar-refractivity contribution in [2.45, 2.75) is 0 Å². The van der Waals surface area contributed by atoms with Crippen LogP contribution in [0.15, 0.2) is 54.6 Å². The van der Waals surface area contributed by atoms with Crippen LogP contribution in [0.1, 0.15) is 9.80 Å². The maximum atomic E-state index is 11.5. The molecule has 0 fully saturated rings. The van der Waals surface area contributed by atoms with Gasteiger partial charge in [-0.15, -0.1) is 11.3 Å². The second-order valence-electron chi connectivity index (χ2n) is 4.66. The van der Waals surface area contributed by atoms with Gasteiger partial charge in [-0.3, -0.25) is 4.79 Å². The van der Waals surface area contributed by atoms with E-state index in [0.717, 1.165) is 27.4 Å². The first kappa shape index (κ1) is 14.3. The maximum absolute atomic E-state index is 11.5. The Balaban J connectivity index is 2.14. The van der Waals surface area contributed by atoms with E-state index in [0.29, 0.717) is 5.01 Å². The first-order valence-corrected chi connectivity index (χ1v) is 7.51. The molecule has 2 aromatic carbocycles. The number of amides is 1. The van der Waals surface area contributed by atoms with E-state index in [1.165, 1.54) is 11.3 Å². The van der Waals surface area contributed by atoms with Gasteiger partial charge in [0.25, 0.3) is 5.91 Å². The number of aromatic nitrogens is 1. The van der Waals surface area contributed by atoms with Crippen LogP contribution >= 0.6 is 11.3 Å². The van der Waals surface area contributed by atoms with Crippen LogP contribution in [0.3, 0.4) is 0 Å². The van der Waals surface area contributed by atoms with E-state index in [2.05, 4.69) is 4.98 Å². The lowest BCUT2D eigenvalue weighted by Gasteiger charge is -2.04. The number of nitrogens with zero attached hydrogens (tertiary/aromatic N) is 1. The summed E-state index contributed by atoms with van der Waals surface area (Å²) < 4.78 is 5.18. The van der Waals surface area contributed by atoms with Crippen molar-refractivity contribution in [2.24, 2.45) is 5.73 Å². The lowest BCUT2D eigenvalue weighted by molar-refractivity contribution is 0.1000. The molecule has 0 atom stereocenters. The quantitative estimate of drug-likeness (QED) is 0.801. The van der Waals surface area contributed by atoms with Crippen LogP contribution in [0.2, 0.25) is 0 Å². The van der Waals surface area contributed by atoms with E-state index in [-0.39, 0.29) is 0 Å². The molecule has 0 spiro atoms. The van der Waals surface area contributed by atoms with Gasteiger partial charge in [0.2, 0.25) is 0 Å². The SMILES string of the molecule is COc1ccc(-c2sc(C(N)=O)nc2-c2ccccc2)cc1. The Morgan fingerprint density at radius 1 is 1.05 bits per heavy atom. The number of hydrogen-bond acceptors (Lipinski definition) is 4. The second kappa shape index (κ2) is 5.99. The molecule has 0 aliphatic carbocycles. The summed E-state index contributed by atoms with van der Waals surface area (Å²) in [5.74, 6) is 0.270. The molecule has 0 radical (unpaired) electrons. The number of benzene rings is 2. The molecule has 5 heteroatoms. The number of primary amides is 1. The Hall–Kier alpha value is -2.66. The fourth-order valence-electron chi connectivity index (χ4n) is 2.16. The van der Waals surface area contributed by atoms with Crippen molar-refractivity contribution in [3.05, 3.63) is 59.6 Å². The number of methoxy groups -OCH3 is 1. The first-order chi connectivity index (χ1) is 10.7. The minimum absolute atomic E-state index is 0.310. The number of hydrogen-bond donors (Lipinski definition) is 1. The average Bonchev–Trinajstić information content (AvgIpc) is 3.01. The highest BCUT2D eigenvalue weighted by Crippen LogP contribution is 2.37. The lowest BCUT2D eigenvalue weighted by Crippen LogP contribution is -2.10. The monoisotopic (exact) mass is 310 g/mol. The molecule has 0 aliphatic heterocycles. The molecule has 0 saturated heterocycles. The molecule has 0 aliphatic rings. The summed E-state index contributed by atoms with van der Waals surface area (Å²) in [5.41, 5.74) is 8.09. The summed E-state index contributed by atoms with van der Waals surface area (Å²) in [5, 5.41) is 0.310. The molecule has 3 rings (SSSR count). The van der Waals surface area contributed by atoms with E-state index in [4.69, 9.17) is 10.5 Å². The predicted octanol–water partition coefficient (Wildman–Crippen LogP) is 3.58. The van der Waals surface area contributed by atoms with Crippen LogP contribution in [-0.2, 0) is 0 Å². The Labute approximate surface area is 132 Å². The molecule has 0 saturated carbocycles. The highest BCUT2D eigenvalue weighted by atomic mass is 32.1. The van der Waals surface area contributed by atoms with Crippen LogP contribution in [0, 0.1) is 0 Å². The van der Waals surface area contributed by atoms with Gasteiger partial charge in [-0.1, -0.05) is 30.3 Å². The van der Waals surface area contributed by atoms with Gasteiger partial charge in [0.05, 0.1) is 17.7 Å². The second-order valence-corrected chi connectivity index (χ2v) is 5.65. The van der Waals surface area contributed by atoms with E-state index in [1.807, 2.05) is 54.6 Å². The van der Waals surface area contributed by atoms with Crippen molar-refractivity contribution >= 4 is 17.2 Å². The van der Waals surface area contributed by atoms with E-state index in [1.54, 1.807) is 7.11 Å². The molecule has 4 nitrogen and oxygen atoms in total. The summed E-state index contributed by atoms with van der Waals surface area (Å²) >= 11 is 1.30. The van der Waals surface area contributed by atoms with Crippen LogP contribution < -0.4 is 10.5 Å². The molecule has 110 valence electrons. The topological polar surface area (TPSA) is 65.2 Å². The Morgan fingerprint density at radius 3 is 2.32 bits per heavy atom. The van der Waals surface area contributed by atoms with Gasteiger partial charge in [0, 0.05) is 5.56 Å². The average molecular weight is 310 g/mol. The summed E-state index contributed by atoms with van der Waals surface area (Å²) in [6.07, 6.45) is 0. The van der Waals surface area contributed by atoms with Gasteiger partial charge in [0.15, 0.2) is 5.01 Å². The zero-order chi connectivity index (χ0) is 15.5. The first-order valence-electron chi connectivity index (χ1n) is 6.69. The summed E-state index contributed by atoms with van der Waals surface area (Å²) in [6.45, 7) is 0. The zero-order valence-electron chi connectivity index (χ0n) is 11.9. The molecular weight excluding hydrogens is 296 g/mol. The van der Waals surface area contributed by atoms with Crippen LogP contribution in [0.4, 0.5) is 0 Å². The molecular formula is C17H14N2O2S. The molecule has 1 aromatic heterocycles. The van der Waals surface area contributed by atoms with E-state index < -0.39 is 5.91 Å². The lowest BCUT2D eigenvalue weighted by atomic mass is 10.1. The maximum Gasteiger partial charge on any atom is 0.277 e. The smallest absolute Gasteiger partial charge is 0.277 e. The molecule has 2 N–H and O–H groups in total. The molecule has 1 heterocycles. The third-order valence-electron chi connectivity index (χ3n) is 3.24. The summed E-state index contributed by atoms with van der Waals surface area (Å²) in [7, 11) is 1.63. The fraction of sp³-hybridized carbons (Fsp3) is 0.0588. The number of carbonyl (C=O) groups excluding carboxylic acids is 1. The van der Waals surface area contributed by atoms with Crippen molar-refractivity contribution in [1.82, 2.24) is 4.98 Å². The van der Waals surface area contributed by atoms with E-state index in [9.17, 15) is 4.79 Å².